The molecule has 0 aromatic heterocycles. The van der Waals surface area contributed by atoms with Crippen LogP contribution in [0, 0.1) is 0 Å². The van der Waals surface area contributed by atoms with Gasteiger partial charge in [-0.3, -0.25) is 4.99 Å². The summed E-state index contributed by atoms with van der Waals surface area (Å²) in [5, 5.41) is 0. The Balaban J connectivity index is 2.00. The molecule has 0 fully saturated rings. The first-order chi connectivity index (χ1) is 7.95. The van der Waals surface area contributed by atoms with Crippen LogP contribution in [0.2, 0.25) is 0 Å². The van der Waals surface area contributed by atoms with Gasteiger partial charge in [0, 0.05) is 5.71 Å². The van der Waals surface area contributed by atoms with E-state index in [4.69, 9.17) is 0 Å². The van der Waals surface area contributed by atoms with Crippen LogP contribution in [0.4, 0.5) is 0 Å². The molecule has 1 aromatic rings. The van der Waals surface area contributed by atoms with Crippen molar-refractivity contribution in [2.24, 2.45) is 4.99 Å². The van der Waals surface area contributed by atoms with E-state index >= 15 is 0 Å². The lowest BCUT2D eigenvalue weighted by Gasteiger charge is -2.03. The number of benzene rings is 1. The van der Waals surface area contributed by atoms with Gasteiger partial charge in [0.1, 0.15) is 0 Å². The standard InChI is InChI=1S/C15H17N/c1-2-7-11-15(12-8-3-1)16-13-14-9-5-4-6-10-14/h1-2,4-7,9-11H,3,8,12-13H2. The van der Waals surface area contributed by atoms with Crippen LogP contribution in [0.15, 0.2) is 59.6 Å². The normalized spacial score (nSPS) is 18.4. The minimum Gasteiger partial charge on any atom is -0.285 e. The highest BCUT2D eigenvalue weighted by molar-refractivity contribution is 5.95. The summed E-state index contributed by atoms with van der Waals surface area (Å²) in [5.74, 6) is 0. The average Bonchev–Trinajstić information content (AvgIpc) is 2.29. The zero-order chi connectivity index (χ0) is 11.1. The molecule has 0 saturated carbocycles. The SMILES string of the molecule is C1=CCCCC(=NCc2ccccc2)C=C1. The maximum Gasteiger partial charge on any atom is 0.0643 e. The van der Waals surface area contributed by atoms with E-state index in [1.165, 1.54) is 17.7 Å². The van der Waals surface area contributed by atoms with Gasteiger partial charge in [-0.2, -0.15) is 0 Å². The van der Waals surface area contributed by atoms with Crippen LogP contribution in [0.3, 0.4) is 0 Å². The predicted octanol–water partition coefficient (Wildman–Crippen LogP) is 3.92. The number of allylic oxidation sites excluding steroid dienone is 4. The van der Waals surface area contributed by atoms with Gasteiger partial charge in [0.25, 0.3) is 0 Å². The summed E-state index contributed by atoms with van der Waals surface area (Å²) in [4.78, 5) is 4.65. The first-order valence-electron chi connectivity index (χ1n) is 5.85. The Morgan fingerprint density at radius 1 is 1.06 bits per heavy atom. The molecule has 0 bridgehead atoms. The van der Waals surface area contributed by atoms with E-state index in [0.717, 1.165) is 19.4 Å². The highest BCUT2D eigenvalue weighted by Crippen LogP contribution is 2.07. The maximum atomic E-state index is 4.65. The second-order valence-corrected chi connectivity index (χ2v) is 3.97. The number of nitrogens with zero attached hydrogens (tertiary/aromatic N) is 1. The molecule has 1 aromatic carbocycles. The van der Waals surface area contributed by atoms with Gasteiger partial charge in [-0.15, -0.1) is 0 Å². The number of aliphatic imine (C=N–C) groups is 1. The van der Waals surface area contributed by atoms with E-state index in [1.54, 1.807) is 0 Å². The third kappa shape index (κ3) is 3.50. The van der Waals surface area contributed by atoms with Crippen molar-refractivity contribution in [3.05, 3.63) is 60.2 Å². The Morgan fingerprint density at radius 3 is 2.81 bits per heavy atom. The van der Waals surface area contributed by atoms with Gasteiger partial charge in [-0.05, 0) is 30.9 Å². The van der Waals surface area contributed by atoms with Crippen molar-refractivity contribution in [2.45, 2.75) is 25.8 Å². The summed E-state index contributed by atoms with van der Waals surface area (Å²) in [6.07, 6.45) is 12.0. The Kier molecular flexibility index (Phi) is 4.12. The molecule has 0 spiro atoms. The van der Waals surface area contributed by atoms with Gasteiger partial charge in [-0.25, -0.2) is 0 Å². The van der Waals surface area contributed by atoms with E-state index in [1.807, 2.05) is 6.07 Å². The molecular formula is C15H17N. The van der Waals surface area contributed by atoms with Gasteiger partial charge in [0.15, 0.2) is 0 Å². The molecule has 1 nitrogen and oxygen atoms in total. The summed E-state index contributed by atoms with van der Waals surface area (Å²) in [7, 11) is 0. The smallest absolute Gasteiger partial charge is 0.0643 e. The molecule has 2 rings (SSSR count). The molecule has 0 atom stereocenters. The zero-order valence-corrected chi connectivity index (χ0v) is 9.47. The number of hydrogen-bond donors (Lipinski definition) is 0. The van der Waals surface area contributed by atoms with Crippen LogP contribution >= 0.6 is 0 Å². The molecule has 0 N–H and O–H groups in total. The minimum absolute atomic E-state index is 0.796. The van der Waals surface area contributed by atoms with Gasteiger partial charge in [0.2, 0.25) is 0 Å². The number of hydrogen-bond acceptors (Lipinski definition) is 1. The van der Waals surface area contributed by atoms with Gasteiger partial charge >= 0.3 is 0 Å². The Hall–Kier alpha value is -1.63. The molecule has 1 heteroatoms. The Bertz CT molecular complexity index is 399. The minimum atomic E-state index is 0.796. The quantitative estimate of drug-likeness (QED) is 0.703. The molecule has 0 radical (unpaired) electrons. The summed E-state index contributed by atoms with van der Waals surface area (Å²) < 4.78 is 0. The highest BCUT2D eigenvalue weighted by atomic mass is 14.7. The van der Waals surface area contributed by atoms with Crippen molar-refractivity contribution in [1.29, 1.82) is 0 Å². The predicted molar refractivity (Wildman–Crippen MR) is 69.7 cm³/mol. The molecule has 16 heavy (non-hydrogen) atoms. The fourth-order valence-electron chi connectivity index (χ4n) is 1.73. The van der Waals surface area contributed by atoms with Crippen molar-refractivity contribution in [3.63, 3.8) is 0 Å². The molecule has 0 saturated heterocycles. The molecule has 0 amide bonds. The van der Waals surface area contributed by atoms with Crippen molar-refractivity contribution in [2.75, 3.05) is 0 Å². The lowest BCUT2D eigenvalue weighted by atomic mass is 10.1. The van der Waals surface area contributed by atoms with Crippen LogP contribution in [0.1, 0.15) is 24.8 Å². The van der Waals surface area contributed by atoms with Crippen LogP contribution in [0.5, 0.6) is 0 Å². The third-order valence-electron chi connectivity index (χ3n) is 2.65. The fraction of sp³-hybridized carbons (Fsp3) is 0.267. The lowest BCUT2D eigenvalue weighted by molar-refractivity contribution is 0.884. The zero-order valence-electron chi connectivity index (χ0n) is 9.47. The summed E-state index contributed by atoms with van der Waals surface area (Å²) in [5.41, 5.74) is 2.49. The topological polar surface area (TPSA) is 12.4 Å². The van der Waals surface area contributed by atoms with E-state index in [9.17, 15) is 0 Å². The van der Waals surface area contributed by atoms with Gasteiger partial charge in [-0.1, -0.05) is 48.6 Å². The Morgan fingerprint density at radius 2 is 1.94 bits per heavy atom. The molecule has 1 aliphatic rings. The summed E-state index contributed by atoms with van der Waals surface area (Å²) in [6.45, 7) is 0.796. The molecule has 0 unspecified atom stereocenters. The van der Waals surface area contributed by atoms with E-state index in [-0.39, 0.29) is 0 Å². The number of rotatable bonds is 2. The van der Waals surface area contributed by atoms with Crippen LogP contribution < -0.4 is 0 Å². The monoisotopic (exact) mass is 211 g/mol. The maximum absolute atomic E-state index is 4.65. The van der Waals surface area contributed by atoms with Crippen molar-refractivity contribution in [3.8, 4) is 0 Å². The average molecular weight is 211 g/mol. The molecule has 0 heterocycles. The molecule has 82 valence electrons. The first-order valence-corrected chi connectivity index (χ1v) is 5.85. The molecular weight excluding hydrogens is 194 g/mol. The van der Waals surface area contributed by atoms with E-state index in [2.05, 4.69) is 53.6 Å². The highest BCUT2D eigenvalue weighted by Gasteiger charge is 1.96. The fourth-order valence-corrected chi connectivity index (χ4v) is 1.73. The summed E-state index contributed by atoms with van der Waals surface area (Å²) in [6, 6.07) is 10.4. The third-order valence-corrected chi connectivity index (χ3v) is 2.65. The second kappa shape index (κ2) is 6.06. The lowest BCUT2D eigenvalue weighted by Crippen LogP contribution is -1.96. The van der Waals surface area contributed by atoms with Crippen LogP contribution in [0.25, 0.3) is 0 Å². The van der Waals surface area contributed by atoms with Gasteiger partial charge < -0.3 is 0 Å². The van der Waals surface area contributed by atoms with Gasteiger partial charge in [0.05, 0.1) is 6.54 Å². The Labute approximate surface area is 97.2 Å². The van der Waals surface area contributed by atoms with E-state index in [0.29, 0.717) is 0 Å². The summed E-state index contributed by atoms with van der Waals surface area (Å²) >= 11 is 0. The second-order valence-electron chi connectivity index (χ2n) is 3.97. The molecule has 0 aliphatic heterocycles. The van der Waals surface area contributed by atoms with Crippen LogP contribution in [-0.4, -0.2) is 5.71 Å². The van der Waals surface area contributed by atoms with Crippen molar-refractivity contribution >= 4 is 5.71 Å². The largest absolute Gasteiger partial charge is 0.285 e. The molecule has 1 aliphatic carbocycles. The van der Waals surface area contributed by atoms with E-state index < -0.39 is 0 Å². The van der Waals surface area contributed by atoms with Crippen LogP contribution in [-0.2, 0) is 6.54 Å². The first kappa shape index (κ1) is 10.9. The van der Waals surface area contributed by atoms with Crippen molar-refractivity contribution in [1.82, 2.24) is 0 Å². The van der Waals surface area contributed by atoms with Crippen molar-refractivity contribution < 1.29 is 0 Å².